The molecular weight excluding hydrogens is 375 g/mol. The summed E-state index contributed by atoms with van der Waals surface area (Å²) in [6.45, 7) is 4.12. The molecule has 2 rings (SSSR count). The van der Waals surface area contributed by atoms with E-state index in [2.05, 4.69) is 0 Å². The second-order valence-corrected chi connectivity index (χ2v) is 8.40. The van der Waals surface area contributed by atoms with Gasteiger partial charge in [-0.1, -0.05) is 12.1 Å². The molecule has 0 radical (unpaired) electrons. The molecule has 1 saturated heterocycles. The summed E-state index contributed by atoms with van der Waals surface area (Å²) in [4.78, 5) is 26.2. The molecule has 1 fully saturated rings. The molecule has 0 bridgehead atoms. The van der Waals surface area contributed by atoms with Crippen LogP contribution >= 0.6 is 0 Å². The molecule has 1 aromatic rings. The van der Waals surface area contributed by atoms with Crippen LogP contribution in [0.5, 0.6) is 0 Å². The lowest BCUT2D eigenvalue weighted by atomic mass is 9.96. The van der Waals surface area contributed by atoms with E-state index >= 15 is 0 Å². The quantitative estimate of drug-likeness (QED) is 0.680. The van der Waals surface area contributed by atoms with E-state index in [0.717, 1.165) is 16.6 Å². The number of para-hydroxylation sites is 1. The fourth-order valence-electron chi connectivity index (χ4n) is 3.27. The van der Waals surface area contributed by atoms with Crippen molar-refractivity contribution < 1.29 is 27.1 Å². The molecule has 0 saturated carbocycles. The first-order chi connectivity index (χ1) is 12.7. The van der Waals surface area contributed by atoms with E-state index in [1.165, 1.54) is 30.0 Å². The van der Waals surface area contributed by atoms with E-state index < -0.39 is 27.8 Å². The van der Waals surface area contributed by atoms with Crippen LogP contribution in [0.15, 0.2) is 24.3 Å². The lowest BCUT2D eigenvalue weighted by molar-refractivity contribution is -0.151. The van der Waals surface area contributed by atoms with E-state index in [0.29, 0.717) is 32.5 Å². The second kappa shape index (κ2) is 8.69. The van der Waals surface area contributed by atoms with Crippen LogP contribution in [0.1, 0.15) is 26.7 Å². The number of sulfonamides is 1. The van der Waals surface area contributed by atoms with E-state index in [1.54, 1.807) is 6.92 Å². The summed E-state index contributed by atoms with van der Waals surface area (Å²) in [7, 11) is -3.88. The van der Waals surface area contributed by atoms with Crippen LogP contribution in [0.4, 0.5) is 10.1 Å². The van der Waals surface area contributed by atoms with Gasteiger partial charge in [0.15, 0.2) is 0 Å². The van der Waals surface area contributed by atoms with Gasteiger partial charge in [0.2, 0.25) is 15.9 Å². The van der Waals surface area contributed by atoms with Crippen molar-refractivity contribution in [2.75, 3.05) is 30.3 Å². The van der Waals surface area contributed by atoms with Crippen LogP contribution in [0.25, 0.3) is 0 Å². The minimum Gasteiger partial charge on any atom is -0.466 e. The summed E-state index contributed by atoms with van der Waals surface area (Å²) < 4.78 is 44.5. The smallest absolute Gasteiger partial charge is 0.309 e. The van der Waals surface area contributed by atoms with Crippen molar-refractivity contribution in [2.45, 2.75) is 32.7 Å². The Labute approximate surface area is 159 Å². The van der Waals surface area contributed by atoms with Crippen LogP contribution in [0.2, 0.25) is 0 Å². The number of esters is 1. The van der Waals surface area contributed by atoms with E-state index in [-0.39, 0.29) is 17.6 Å². The van der Waals surface area contributed by atoms with Crippen LogP contribution in [-0.4, -0.2) is 57.2 Å². The average molecular weight is 400 g/mol. The number of carbonyl (C=O) groups is 2. The van der Waals surface area contributed by atoms with Crippen LogP contribution in [0.3, 0.4) is 0 Å². The van der Waals surface area contributed by atoms with Gasteiger partial charge in [0.05, 0.1) is 24.5 Å². The van der Waals surface area contributed by atoms with Gasteiger partial charge in [0.25, 0.3) is 0 Å². The fourth-order valence-corrected chi connectivity index (χ4v) is 4.44. The highest BCUT2D eigenvalue weighted by atomic mass is 32.2. The molecule has 1 aliphatic heterocycles. The minimum atomic E-state index is -3.88. The largest absolute Gasteiger partial charge is 0.466 e. The maximum absolute atomic E-state index is 14.2. The van der Waals surface area contributed by atoms with Gasteiger partial charge in [-0.25, -0.2) is 12.8 Å². The molecule has 1 aromatic carbocycles. The SMILES string of the molecule is CCOC(=O)C1CCN(C(=O)C(C)N(c2ccccc2F)S(C)(=O)=O)CC1. The summed E-state index contributed by atoms with van der Waals surface area (Å²) in [6.07, 6.45) is 1.85. The van der Waals surface area contributed by atoms with E-state index in [4.69, 9.17) is 4.74 Å². The molecule has 9 heteroatoms. The monoisotopic (exact) mass is 400 g/mol. The van der Waals surface area contributed by atoms with Crippen LogP contribution in [0, 0.1) is 11.7 Å². The first kappa shape index (κ1) is 21.1. The number of nitrogens with zero attached hydrogens (tertiary/aromatic N) is 2. The number of amides is 1. The Kier molecular flexibility index (Phi) is 6.80. The van der Waals surface area contributed by atoms with Gasteiger partial charge in [-0.15, -0.1) is 0 Å². The van der Waals surface area contributed by atoms with Crippen molar-refractivity contribution in [3.8, 4) is 0 Å². The third-order valence-corrected chi connectivity index (χ3v) is 5.81. The summed E-state index contributed by atoms with van der Waals surface area (Å²) in [6, 6.07) is 4.34. The van der Waals surface area contributed by atoms with Gasteiger partial charge in [0, 0.05) is 13.1 Å². The zero-order chi connectivity index (χ0) is 20.2. The standard InChI is InChI=1S/C18H25FN2O5S/c1-4-26-18(23)14-9-11-20(12-10-14)17(22)13(2)21(27(3,24)25)16-8-6-5-7-15(16)19/h5-8,13-14H,4,9-12H2,1-3H3. The highest BCUT2D eigenvalue weighted by Crippen LogP contribution is 2.26. The summed E-state index contributed by atoms with van der Waals surface area (Å²) in [5, 5.41) is 0. The number of likely N-dealkylation sites (tertiary alicyclic amines) is 1. The highest BCUT2D eigenvalue weighted by Gasteiger charge is 2.36. The molecule has 7 nitrogen and oxygen atoms in total. The summed E-state index contributed by atoms with van der Waals surface area (Å²) >= 11 is 0. The van der Waals surface area contributed by atoms with E-state index in [1.807, 2.05) is 0 Å². The Morgan fingerprint density at radius 3 is 2.41 bits per heavy atom. The van der Waals surface area contributed by atoms with Crippen molar-refractivity contribution >= 4 is 27.6 Å². The Morgan fingerprint density at radius 2 is 1.89 bits per heavy atom. The van der Waals surface area contributed by atoms with Gasteiger partial charge in [-0.05, 0) is 38.8 Å². The molecule has 0 N–H and O–H groups in total. The third kappa shape index (κ3) is 4.97. The number of rotatable bonds is 6. The average Bonchev–Trinajstić information content (AvgIpc) is 2.62. The number of carbonyl (C=O) groups excluding carboxylic acids is 2. The molecule has 1 unspecified atom stereocenters. The lowest BCUT2D eigenvalue weighted by Gasteiger charge is -2.36. The number of benzene rings is 1. The number of anilines is 1. The van der Waals surface area contributed by atoms with Crippen molar-refractivity contribution in [1.29, 1.82) is 0 Å². The molecule has 27 heavy (non-hydrogen) atoms. The molecule has 0 spiro atoms. The van der Waals surface area contributed by atoms with Crippen molar-refractivity contribution in [2.24, 2.45) is 5.92 Å². The lowest BCUT2D eigenvalue weighted by Crippen LogP contribution is -2.52. The summed E-state index contributed by atoms with van der Waals surface area (Å²) in [5.41, 5.74) is -0.165. The molecule has 1 atom stereocenters. The van der Waals surface area contributed by atoms with Gasteiger partial charge in [-0.3, -0.25) is 13.9 Å². The maximum Gasteiger partial charge on any atom is 0.309 e. The number of piperidine rings is 1. The molecule has 1 aliphatic rings. The van der Waals surface area contributed by atoms with E-state index in [9.17, 15) is 22.4 Å². The first-order valence-electron chi connectivity index (χ1n) is 8.86. The van der Waals surface area contributed by atoms with Crippen molar-refractivity contribution in [3.63, 3.8) is 0 Å². The Bertz CT molecular complexity index is 791. The molecule has 1 heterocycles. The van der Waals surface area contributed by atoms with Gasteiger partial charge >= 0.3 is 5.97 Å². The molecular formula is C18H25FN2O5S. The van der Waals surface area contributed by atoms with Crippen molar-refractivity contribution in [3.05, 3.63) is 30.1 Å². The summed E-state index contributed by atoms with van der Waals surface area (Å²) in [5.74, 6) is -1.68. The molecule has 1 amide bonds. The minimum absolute atomic E-state index is 0.165. The Balaban J connectivity index is 2.15. The number of ether oxygens (including phenoxy) is 1. The number of hydrogen-bond donors (Lipinski definition) is 0. The second-order valence-electron chi connectivity index (χ2n) is 6.54. The number of halogens is 1. The van der Waals surface area contributed by atoms with Gasteiger partial charge in [-0.2, -0.15) is 0 Å². The highest BCUT2D eigenvalue weighted by molar-refractivity contribution is 7.92. The topological polar surface area (TPSA) is 84.0 Å². The Morgan fingerprint density at radius 1 is 1.30 bits per heavy atom. The molecule has 150 valence electrons. The predicted molar refractivity (Wildman–Crippen MR) is 99.1 cm³/mol. The fraction of sp³-hybridized carbons (Fsp3) is 0.556. The Hall–Kier alpha value is -2.16. The first-order valence-corrected chi connectivity index (χ1v) is 10.7. The van der Waals surface area contributed by atoms with Crippen molar-refractivity contribution in [1.82, 2.24) is 4.90 Å². The number of hydrogen-bond acceptors (Lipinski definition) is 5. The predicted octanol–water partition coefficient (Wildman–Crippen LogP) is 1.78. The van der Waals surface area contributed by atoms with Crippen LogP contribution < -0.4 is 4.31 Å². The van der Waals surface area contributed by atoms with Gasteiger partial charge < -0.3 is 9.64 Å². The van der Waals surface area contributed by atoms with Crippen LogP contribution in [-0.2, 0) is 24.3 Å². The molecule has 0 aromatic heterocycles. The third-order valence-electron chi connectivity index (χ3n) is 4.58. The zero-order valence-corrected chi connectivity index (χ0v) is 16.5. The zero-order valence-electron chi connectivity index (χ0n) is 15.7. The molecule has 0 aliphatic carbocycles. The normalized spacial score (nSPS) is 16.7. The maximum atomic E-state index is 14.2. The van der Waals surface area contributed by atoms with Gasteiger partial charge in [0.1, 0.15) is 11.9 Å².